The van der Waals surface area contributed by atoms with Crippen molar-refractivity contribution in [2.75, 3.05) is 19.6 Å². The molecule has 0 spiro atoms. The minimum absolute atomic E-state index is 0.0800. The molecule has 0 aromatic heterocycles. The lowest BCUT2D eigenvalue weighted by Gasteiger charge is -2.27. The van der Waals surface area contributed by atoms with Crippen LogP contribution < -0.4 is 88.0 Å². The van der Waals surface area contributed by atoms with Crippen LogP contribution in [0, 0.1) is 0 Å². The van der Waals surface area contributed by atoms with Crippen molar-refractivity contribution >= 4 is 101 Å². The summed E-state index contributed by atoms with van der Waals surface area (Å²) >= 11 is 0. The number of aliphatic carboxylic acids is 4. The summed E-state index contributed by atoms with van der Waals surface area (Å²) in [6.45, 7) is -1.08. The first-order valence-corrected chi connectivity index (χ1v) is 25.3. The Bertz CT molecular complexity index is 2600. The summed E-state index contributed by atoms with van der Waals surface area (Å²) in [6, 6.07) is -8.85. The van der Waals surface area contributed by atoms with Crippen LogP contribution in [0.3, 0.4) is 0 Å². The lowest BCUT2D eigenvalue weighted by molar-refractivity contribution is -0.147. The molecular weight excluding hydrogens is 1120 g/mol. The molecule has 0 bridgehead atoms. The van der Waals surface area contributed by atoms with Gasteiger partial charge in [0.05, 0.1) is 51.1 Å². The van der Waals surface area contributed by atoms with Crippen LogP contribution in [0.1, 0.15) is 76.2 Å². The molecule has 0 aliphatic carbocycles. The van der Waals surface area contributed by atoms with Crippen molar-refractivity contribution in [1.29, 1.82) is 0 Å². The van der Waals surface area contributed by atoms with E-state index >= 15 is 0 Å². The van der Waals surface area contributed by atoms with Crippen molar-refractivity contribution in [2.24, 2.45) is 45.1 Å². The van der Waals surface area contributed by atoms with Gasteiger partial charge in [-0.25, -0.2) is 4.79 Å². The third-order valence-corrected chi connectivity index (χ3v) is 11.4. The van der Waals surface area contributed by atoms with Gasteiger partial charge in [0.2, 0.25) is 70.9 Å². The summed E-state index contributed by atoms with van der Waals surface area (Å²) in [7, 11) is 0. The van der Waals surface area contributed by atoms with E-state index in [4.69, 9.17) is 50.3 Å². The quantitative estimate of drug-likeness (QED) is 0.0164. The molecule has 27 N–H and O–H groups in total. The molecule has 84 heavy (non-hydrogen) atoms. The minimum atomic E-state index is -2.00. The molecule has 0 saturated carbocycles. The number of primary amides is 3. The maximum absolute atomic E-state index is 14.2. The zero-order valence-corrected chi connectivity index (χ0v) is 45.0. The van der Waals surface area contributed by atoms with Gasteiger partial charge in [0.15, 0.2) is 5.96 Å². The van der Waals surface area contributed by atoms with E-state index in [1.54, 1.807) is 18.2 Å². The fourth-order valence-corrected chi connectivity index (χ4v) is 7.31. The second-order valence-corrected chi connectivity index (χ2v) is 18.4. The number of hydrogen-bond acceptors (Lipinski definition) is 19. The highest BCUT2D eigenvalue weighted by atomic mass is 16.4. The first-order valence-electron chi connectivity index (χ1n) is 25.3. The highest BCUT2D eigenvalue weighted by Crippen LogP contribution is 2.10. The first kappa shape index (κ1) is 71.9. The number of benzene rings is 1. The molecule has 9 atom stereocenters. The van der Waals surface area contributed by atoms with E-state index in [0.29, 0.717) is 12.0 Å². The largest absolute Gasteiger partial charge is 0.481 e. The highest BCUT2D eigenvalue weighted by Gasteiger charge is 2.36. The number of nitrogens with two attached hydrogens (primary N) is 7. The Morgan fingerprint density at radius 2 is 0.810 bits per heavy atom. The number of carboxylic acid groups (broad SMARTS) is 4. The van der Waals surface area contributed by atoms with Crippen LogP contribution in [0.15, 0.2) is 35.3 Å². The van der Waals surface area contributed by atoms with Gasteiger partial charge >= 0.3 is 23.9 Å². The van der Waals surface area contributed by atoms with E-state index in [1.165, 1.54) is 12.1 Å². The van der Waals surface area contributed by atoms with Crippen LogP contribution in [-0.2, 0) is 83.1 Å². The number of nitrogens with zero attached hydrogens (tertiary/aromatic N) is 1. The number of carbonyl (C=O) groups is 16. The third-order valence-electron chi connectivity index (χ3n) is 11.4. The van der Waals surface area contributed by atoms with Crippen LogP contribution >= 0.6 is 0 Å². The molecular formula is C47H71N17O20. The van der Waals surface area contributed by atoms with Crippen molar-refractivity contribution in [3.05, 3.63) is 35.9 Å². The van der Waals surface area contributed by atoms with Crippen molar-refractivity contribution in [1.82, 2.24) is 47.9 Å². The van der Waals surface area contributed by atoms with E-state index in [1.807, 2.05) is 16.0 Å². The Labute approximate surface area is 476 Å². The predicted octanol–water partition coefficient (Wildman–Crippen LogP) is -10.1. The lowest BCUT2D eigenvalue weighted by atomic mass is 10.0. The minimum Gasteiger partial charge on any atom is -0.481 e. The Kier molecular flexibility index (Phi) is 31.7. The molecule has 12 amide bonds. The zero-order chi connectivity index (χ0) is 63.8. The van der Waals surface area contributed by atoms with Crippen LogP contribution in [0.4, 0.5) is 0 Å². The number of hydrogen-bond donors (Lipinski definition) is 20. The molecule has 0 fully saturated rings. The number of aliphatic imine (C=N–C) groups is 1. The number of unbranched alkanes of at least 4 members (excludes halogenated alkanes) is 1. The Hall–Kier alpha value is -10.1. The smallest absolute Gasteiger partial charge is 0.326 e. The maximum Gasteiger partial charge on any atom is 0.326 e. The summed E-state index contributed by atoms with van der Waals surface area (Å²) in [5, 5.41) is 56.3. The monoisotopic (exact) mass is 1190 g/mol. The number of carbonyl (C=O) groups excluding carboxylic acids is 12. The number of carboxylic acids is 4. The first-order chi connectivity index (χ1) is 39.3. The Balaban J connectivity index is 3.56. The lowest BCUT2D eigenvalue weighted by Crippen LogP contribution is -2.60. The Morgan fingerprint density at radius 1 is 0.429 bits per heavy atom. The molecule has 464 valence electrons. The normalized spacial score (nSPS) is 13.9. The highest BCUT2D eigenvalue weighted by molar-refractivity contribution is 6.01. The summed E-state index contributed by atoms with van der Waals surface area (Å²) in [5.41, 5.74) is 38.3. The van der Waals surface area contributed by atoms with Gasteiger partial charge in [0, 0.05) is 13.0 Å². The molecule has 1 aromatic carbocycles. The molecule has 37 nitrogen and oxygen atoms in total. The van der Waals surface area contributed by atoms with Gasteiger partial charge in [0.1, 0.15) is 48.3 Å². The topological polar surface area (TPSA) is 657 Å². The SMILES string of the molecule is NCCCC[C@H](NC(=O)[C@H](CC(N)=O)NC(=O)[C@H](Cc1ccccc1)NC(=O)[C@H](CC(N)=O)NC(=O)[C@H](CCCN=C(N)N)NC(=O)CNC(=O)[C@H](CC(N)=O)NC(=O)[C@H](CC(=O)O)NC(=O)[C@@H](N)CC(=O)O)C(=O)N[C@@H](CC(=O)O)C(=O)O. The van der Waals surface area contributed by atoms with Gasteiger partial charge < -0.3 is 108 Å². The van der Waals surface area contributed by atoms with Gasteiger partial charge in [-0.1, -0.05) is 30.3 Å². The van der Waals surface area contributed by atoms with Crippen LogP contribution in [-0.4, -0.2) is 195 Å². The second-order valence-electron chi connectivity index (χ2n) is 18.4. The fourth-order valence-electron chi connectivity index (χ4n) is 7.31. The molecule has 1 rings (SSSR count). The van der Waals surface area contributed by atoms with Crippen LogP contribution in [0.5, 0.6) is 0 Å². The average molecular weight is 1190 g/mol. The van der Waals surface area contributed by atoms with Gasteiger partial charge in [-0.15, -0.1) is 0 Å². The van der Waals surface area contributed by atoms with E-state index in [0.717, 1.165) is 0 Å². The van der Waals surface area contributed by atoms with E-state index in [9.17, 15) is 86.9 Å². The fraction of sp³-hybridized carbons (Fsp3) is 0.511. The van der Waals surface area contributed by atoms with Gasteiger partial charge in [-0.3, -0.25) is 76.9 Å². The van der Waals surface area contributed by atoms with Gasteiger partial charge in [-0.05, 0) is 44.2 Å². The van der Waals surface area contributed by atoms with E-state index < -0.39 is 201 Å². The van der Waals surface area contributed by atoms with Gasteiger partial charge in [0.25, 0.3) is 0 Å². The summed E-state index contributed by atoms with van der Waals surface area (Å²) in [4.78, 5) is 208. The molecule has 0 heterocycles. The maximum atomic E-state index is 14.2. The summed E-state index contributed by atoms with van der Waals surface area (Å²) < 4.78 is 0. The van der Waals surface area contributed by atoms with Crippen molar-refractivity contribution < 1.29 is 97.1 Å². The zero-order valence-electron chi connectivity index (χ0n) is 45.0. The van der Waals surface area contributed by atoms with E-state index in [-0.39, 0.29) is 44.7 Å². The van der Waals surface area contributed by atoms with Crippen molar-refractivity contribution in [3.8, 4) is 0 Å². The molecule has 0 aliphatic rings. The molecule has 0 radical (unpaired) electrons. The molecule has 1 aromatic rings. The Morgan fingerprint density at radius 3 is 1.26 bits per heavy atom. The number of guanidine groups is 1. The summed E-state index contributed by atoms with van der Waals surface area (Å²) in [6.07, 6.45) is -6.58. The second kappa shape index (κ2) is 37.0. The predicted molar refractivity (Wildman–Crippen MR) is 285 cm³/mol. The third kappa shape index (κ3) is 29.4. The molecule has 0 unspecified atom stereocenters. The number of nitrogens with one attached hydrogen (secondary N) is 9. The molecule has 0 saturated heterocycles. The van der Waals surface area contributed by atoms with Crippen molar-refractivity contribution in [3.63, 3.8) is 0 Å². The molecule has 0 aliphatic heterocycles. The molecule has 37 heteroatoms. The van der Waals surface area contributed by atoms with Gasteiger partial charge in [-0.2, -0.15) is 0 Å². The van der Waals surface area contributed by atoms with E-state index in [2.05, 4.69) is 36.9 Å². The number of amides is 12. The van der Waals surface area contributed by atoms with Crippen LogP contribution in [0.25, 0.3) is 0 Å². The summed E-state index contributed by atoms with van der Waals surface area (Å²) in [5.74, 6) is -21.7. The van der Waals surface area contributed by atoms with Crippen molar-refractivity contribution in [2.45, 2.75) is 131 Å². The standard InChI is InChI=1S/C47H71N17O20/c48-11-5-4-9-24(41(78)64-30(46(83)84)19-37(73)74)58-43(80)27(16-32(51)66)63-42(79)25(13-21-7-2-1-3-8-21)60-44(81)28(17-33(52)67)62-40(77)23(10-6-12-55-47(53)54)57-34(68)20-56-39(76)26(15-31(50)65)61-45(82)29(18-36(71)72)59-38(75)22(49)14-35(69)70/h1-3,7-8,22-30H,4-6,9-20,48-49H2,(H2,50,65)(H2,51,66)(H2,52,67)(H,56,76)(H,57,68)(H,58,80)(H,59,75)(H,60,81)(H,61,82)(H,62,77)(H,63,79)(H,64,78)(H,69,70)(H,71,72)(H,73,74)(H,83,84)(H4,53,54,55)/t22-,23-,24-,25-,26-,27-,28-,29-,30-/m0/s1. The average Bonchev–Trinajstić information content (AvgIpc) is 3.50. The number of rotatable bonds is 41. The van der Waals surface area contributed by atoms with Crippen LogP contribution in [0.2, 0.25) is 0 Å².